The molecule has 1 aliphatic rings. The molecule has 174 valence electrons. The number of hydrogen-bond donors (Lipinski definition) is 2. The zero-order valence-corrected chi connectivity index (χ0v) is 20.1. The van der Waals surface area contributed by atoms with E-state index in [4.69, 9.17) is 15.5 Å². The van der Waals surface area contributed by atoms with Gasteiger partial charge in [-0.05, 0) is 23.6 Å². The van der Waals surface area contributed by atoms with Gasteiger partial charge >= 0.3 is 0 Å². The quantitative estimate of drug-likeness (QED) is 0.487. The Hall–Kier alpha value is -2.77. The number of nitrogens with two attached hydrogens (primary N) is 1. The number of carbonyl (C=O) groups is 1. The van der Waals surface area contributed by atoms with E-state index in [1.807, 2.05) is 47.4 Å². The van der Waals surface area contributed by atoms with Gasteiger partial charge < -0.3 is 19.9 Å². The third-order valence-corrected chi connectivity index (χ3v) is 6.76. The van der Waals surface area contributed by atoms with E-state index in [-0.39, 0.29) is 17.9 Å². The molecule has 3 atom stereocenters. The van der Waals surface area contributed by atoms with E-state index in [0.717, 1.165) is 34.8 Å². The molecule has 6 nitrogen and oxygen atoms in total. The number of aromatic nitrogens is 2. The number of rotatable bonds is 8. The molecule has 7 heteroatoms. The molecule has 0 fully saturated rings. The van der Waals surface area contributed by atoms with Crippen molar-refractivity contribution < 1.29 is 9.53 Å². The van der Waals surface area contributed by atoms with Gasteiger partial charge in [-0.2, -0.15) is 12.6 Å². The van der Waals surface area contributed by atoms with Gasteiger partial charge in [0.15, 0.2) is 0 Å². The maximum Gasteiger partial charge on any atom is 0.241 e. The average molecular weight is 465 g/mol. The van der Waals surface area contributed by atoms with E-state index in [9.17, 15) is 4.79 Å². The number of amides is 1. The minimum Gasteiger partial charge on any atom is -0.488 e. The summed E-state index contributed by atoms with van der Waals surface area (Å²) in [6.45, 7) is 6.10. The lowest BCUT2D eigenvalue weighted by Gasteiger charge is -2.40. The summed E-state index contributed by atoms with van der Waals surface area (Å²) in [5, 5.41) is 0. The first-order valence-corrected chi connectivity index (χ1v) is 12.2. The van der Waals surface area contributed by atoms with Crippen LogP contribution in [-0.4, -0.2) is 38.7 Å². The largest absolute Gasteiger partial charge is 0.488 e. The van der Waals surface area contributed by atoms with Crippen molar-refractivity contribution in [1.82, 2.24) is 14.5 Å². The van der Waals surface area contributed by atoms with E-state index >= 15 is 0 Å². The predicted molar refractivity (Wildman–Crippen MR) is 134 cm³/mol. The number of ether oxygens (including phenoxy) is 1. The normalized spacial score (nSPS) is 17.3. The lowest BCUT2D eigenvalue weighted by atomic mass is 9.94. The lowest BCUT2D eigenvalue weighted by molar-refractivity contribution is -0.137. The highest BCUT2D eigenvalue weighted by molar-refractivity contribution is 7.80. The summed E-state index contributed by atoms with van der Waals surface area (Å²) in [7, 11) is 0. The third-order valence-electron chi connectivity index (χ3n) is 6.37. The summed E-state index contributed by atoms with van der Waals surface area (Å²) in [6, 6.07) is 17.4. The van der Waals surface area contributed by atoms with Crippen molar-refractivity contribution in [3.63, 3.8) is 0 Å². The maximum atomic E-state index is 13.0. The number of para-hydroxylation sites is 1. The lowest BCUT2D eigenvalue weighted by Crippen LogP contribution is -2.51. The van der Waals surface area contributed by atoms with E-state index in [1.165, 1.54) is 0 Å². The van der Waals surface area contributed by atoms with Crippen LogP contribution in [0.1, 0.15) is 37.7 Å². The molecule has 0 bridgehead atoms. The van der Waals surface area contributed by atoms with Crippen molar-refractivity contribution in [3.05, 3.63) is 72.2 Å². The number of nitrogens with zero attached hydrogens (tertiary/aromatic N) is 3. The SMILES string of the molecule is CCC(C)[C@H]1c2nc(-c3ccccc3OCc3ccccc3)cn2CCN1C(=O)[C@@H](N)CS. The number of hydrogen-bond acceptors (Lipinski definition) is 5. The predicted octanol–water partition coefficient (Wildman–Crippen LogP) is 4.32. The molecule has 1 amide bonds. The van der Waals surface area contributed by atoms with Crippen LogP contribution in [0.2, 0.25) is 0 Å². The van der Waals surface area contributed by atoms with Crippen LogP contribution in [-0.2, 0) is 17.9 Å². The Bertz CT molecular complexity index is 1080. The molecular formula is C26H32N4O2S. The van der Waals surface area contributed by atoms with Crippen LogP contribution in [0.15, 0.2) is 60.8 Å². The summed E-state index contributed by atoms with van der Waals surface area (Å²) in [4.78, 5) is 20.0. The highest BCUT2D eigenvalue weighted by Gasteiger charge is 2.37. The Morgan fingerprint density at radius 3 is 2.64 bits per heavy atom. The number of thiol groups is 1. The molecule has 0 radical (unpaired) electrons. The van der Waals surface area contributed by atoms with Crippen molar-refractivity contribution in [1.29, 1.82) is 0 Å². The standard InChI is InChI=1S/C26H32N4O2S/c1-3-18(2)24-25-28-22(15-29(25)13-14-30(24)26(31)21(27)17-33)20-11-7-8-12-23(20)32-16-19-9-5-4-6-10-19/h4-12,15,18,21,24,33H,3,13-14,16-17,27H2,1-2H3/t18?,21-,24-/m0/s1. The highest BCUT2D eigenvalue weighted by atomic mass is 32.1. The monoisotopic (exact) mass is 464 g/mol. The molecule has 2 N–H and O–H groups in total. The minimum absolute atomic E-state index is 0.0577. The van der Waals surface area contributed by atoms with Crippen molar-refractivity contribution in [2.75, 3.05) is 12.3 Å². The summed E-state index contributed by atoms with van der Waals surface area (Å²) in [5.74, 6) is 2.22. The molecule has 0 spiro atoms. The molecular weight excluding hydrogens is 432 g/mol. The smallest absolute Gasteiger partial charge is 0.241 e. The molecule has 33 heavy (non-hydrogen) atoms. The van der Waals surface area contributed by atoms with Gasteiger partial charge in [-0.1, -0.05) is 62.7 Å². The molecule has 0 aliphatic carbocycles. The van der Waals surface area contributed by atoms with E-state index in [0.29, 0.717) is 25.4 Å². The van der Waals surface area contributed by atoms with Crippen molar-refractivity contribution in [2.45, 2.75) is 45.5 Å². The molecule has 0 saturated carbocycles. The van der Waals surface area contributed by atoms with Crippen LogP contribution in [0.4, 0.5) is 0 Å². The maximum absolute atomic E-state index is 13.0. The van der Waals surface area contributed by atoms with Gasteiger partial charge in [-0.15, -0.1) is 0 Å². The zero-order valence-electron chi connectivity index (χ0n) is 19.2. The second-order valence-corrected chi connectivity index (χ2v) is 8.96. The van der Waals surface area contributed by atoms with Gasteiger partial charge in [0.1, 0.15) is 18.2 Å². The van der Waals surface area contributed by atoms with Crippen LogP contribution < -0.4 is 10.5 Å². The summed E-state index contributed by atoms with van der Waals surface area (Å²) >= 11 is 4.24. The van der Waals surface area contributed by atoms with Crippen molar-refractivity contribution in [2.24, 2.45) is 11.7 Å². The molecule has 1 aromatic heterocycles. The molecule has 1 aliphatic heterocycles. The Labute approximate surface area is 201 Å². The fourth-order valence-electron chi connectivity index (χ4n) is 4.33. The van der Waals surface area contributed by atoms with Gasteiger partial charge in [-0.3, -0.25) is 4.79 Å². The average Bonchev–Trinajstić information content (AvgIpc) is 3.30. The topological polar surface area (TPSA) is 73.4 Å². The zero-order chi connectivity index (χ0) is 23.4. The summed E-state index contributed by atoms with van der Waals surface area (Å²) < 4.78 is 8.35. The van der Waals surface area contributed by atoms with Gasteiger partial charge in [-0.25, -0.2) is 4.98 Å². The van der Waals surface area contributed by atoms with Gasteiger partial charge in [0, 0.05) is 30.6 Å². The van der Waals surface area contributed by atoms with Crippen LogP contribution in [0.3, 0.4) is 0 Å². The number of benzene rings is 2. The Morgan fingerprint density at radius 1 is 1.18 bits per heavy atom. The van der Waals surface area contributed by atoms with Crippen LogP contribution in [0.25, 0.3) is 11.3 Å². The third kappa shape index (κ3) is 4.94. The molecule has 3 aromatic rings. The summed E-state index contributed by atoms with van der Waals surface area (Å²) in [5.41, 5.74) is 8.97. The number of fused-ring (bicyclic) bond motifs is 1. The number of carbonyl (C=O) groups excluding carboxylic acids is 1. The van der Waals surface area contributed by atoms with Crippen molar-refractivity contribution >= 4 is 18.5 Å². The minimum atomic E-state index is -0.604. The fourth-order valence-corrected chi connectivity index (χ4v) is 4.49. The van der Waals surface area contributed by atoms with Gasteiger partial charge in [0.2, 0.25) is 5.91 Å². The second-order valence-electron chi connectivity index (χ2n) is 8.60. The first kappa shape index (κ1) is 23.4. The molecule has 4 rings (SSSR count). The van der Waals surface area contributed by atoms with E-state index in [1.54, 1.807) is 0 Å². The molecule has 2 aromatic carbocycles. The molecule has 2 heterocycles. The van der Waals surface area contributed by atoms with E-state index < -0.39 is 6.04 Å². The number of imidazole rings is 1. The Kier molecular flexibility index (Phi) is 7.40. The molecule has 0 saturated heterocycles. The van der Waals surface area contributed by atoms with Crippen LogP contribution in [0.5, 0.6) is 5.75 Å². The first-order valence-electron chi connectivity index (χ1n) is 11.5. The second kappa shape index (κ2) is 10.4. The van der Waals surface area contributed by atoms with Gasteiger partial charge in [0.05, 0.1) is 17.8 Å². The first-order chi connectivity index (χ1) is 16.0. The van der Waals surface area contributed by atoms with Crippen LogP contribution >= 0.6 is 12.6 Å². The van der Waals surface area contributed by atoms with Crippen LogP contribution in [0, 0.1) is 5.92 Å². The van der Waals surface area contributed by atoms with E-state index in [2.05, 4.69) is 49.4 Å². The Balaban J connectivity index is 1.65. The summed E-state index contributed by atoms with van der Waals surface area (Å²) in [6.07, 6.45) is 3.01. The fraction of sp³-hybridized carbons (Fsp3) is 0.385. The van der Waals surface area contributed by atoms with Crippen molar-refractivity contribution in [3.8, 4) is 17.0 Å². The Morgan fingerprint density at radius 2 is 1.91 bits per heavy atom. The molecule has 1 unspecified atom stereocenters. The highest BCUT2D eigenvalue weighted by Crippen LogP contribution is 2.37. The van der Waals surface area contributed by atoms with Gasteiger partial charge in [0.25, 0.3) is 0 Å².